The highest BCUT2D eigenvalue weighted by Crippen LogP contribution is 2.44. The van der Waals surface area contributed by atoms with E-state index >= 15 is 0 Å². The molecule has 1 aliphatic carbocycles. The highest BCUT2D eigenvalue weighted by Gasteiger charge is 2.40. The monoisotopic (exact) mass is 236 g/mol. The summed E-state index contributed by atoms with van der Waals surface area (Å²) >= 11 is 6.17. The van der Waals surface area contributed by atoms with E-state index in [1.807, 2.05) is 28.8 Å². The van der Waals surface area contributed by atoms with Crippen LogP contribution in [-0.2, 0) is 0 Å². The number of hydrogen-bond donors (Lipinski definition) is 1. The molecule has 1 fully saturated rings. The Labute approximate surface area is 98.7 Å². The van der Waals surface area contributed by atoms with Crippen LogP contribution in [0.3, 0.4) is 0 Å². The molecule has 0 bridgehead atoms. The van der Waals surface area contributed by atoms with Gasteiger partial charge in [-0.25, -0.2) is 4.98 Å². The third-order valence-corrected chi connectivity index (χ3v) is 3.89. The summed E-state index contributed by atoms with van der Waals surface area (Å²) in [7, 11) is 0. The molecule has 0 radical (unpaired) electrons. The molecule has 4 heteroatoms. The summed E-state index contributed by atoms with van der Waals surface area (Å²) in [6, 6.07) is 5.85. The predicted molar refractivity (Wildman–Crippen MR) is 62.7 cm³/mol. The van der Waals surface area contributed by atoms with Crippen LogP contribution >= 0.6 is 11.6 Å². The summed E-state index contributed by atoms with van der Waals surface area (Å²) in [5.74, 6) is 0.581. The summed E-state index contributed by atoms with van der Waals surface area (Å²) in [6.45, 7) is 2.05. The van der Waals surface area contributed by atoms with Crippen LogP contribution in [0.4, 0.5) is 0 Å². The molecule has 0 saturated heterocycles. The van der Waals surface area contributed by atoms with Crippen molar-refractivity contribution in [2.75, 3.05) is 0 Å². The number of pyridine rings is 1. The fourth-order valence-electron chi connectivity index (χ4n) is 2.44. The molecular weight excluding hydrogens is 224 g/mol. The van der Waals surface area contributed by atoms with Crippen LogP contribution in [0.15, 0.2) is 24.4 Å². The largest absolute Gasteiger partial charge is 0.393 e. The summed E-state index contributed by atoms with van der Waals surface area (Å²) in [4.78, 5) is 4.32. The van der Waals surface area contributed by atoms with Crippen LogP contribution in [0.1, 0.15) is 25.0 Å². The normalized spacial score (nSPS) is 29.3. The predicted octanol–water partition coefficient (Wildman–Crippen LogP) is 2.47. The Morgan fingerprint density at radius 2 is 2.31 bits per heavy atom. The van der Waals surface area contributed by atoms with Gasteiger partial charge in [-0.3, -0.25) is 0 Å². The van der Waals surface area contributed by atoms with Gasteiger partial charge in [0, 0.05) is 12.1 Å². The van der Waals surface area contributed by atoms with Gasteiger partial charge < -0.3 is 9.51 Å². The fourth-order valence-corrected chi connectivity index (χ4v) is 2.76. The van der Waals surface area contributed by atoms with Crippen LogP contribution in [0.5, 0.6) is 0 Å². The average molecular weight is 237 g/mol. The number of fused-ring (bicyclic) bond motifs is 1. The first-order valence-electron chi connectivity index (χ1n) is 5.49. The molecule has 1 saturated carbocycles. The van der Waals surface area contributed by atoms with E-state index in [1.165, 1.54) is 0 Å². The smallest absolute Gasteiger partial charge is 0.151 e. The fraction of sp³-hybridized carbons (Fsp3) is 0.417. The minimum absolute atomic E-state index is 0.199. The first-order chi connectivity index (χ1) is 7.68. The van der Waals surface area contributed by atoms with E-state index in [4.69, 9.17) is 11.6 Å². The van der Waals surface area contributed by atoms with Gasteiger partial charge in [-0.05, 0) is 24.5 Å². The second-order valence-electron chi connectivity index (χ2n) is 4.49. The molecule has 84 valence electrons. The standard InChI is InChI=1S/C12H13ClN2O/c1-7-8(6-9(7)16)11-12(13)14-10-4-2-3-5-15(10)11/h2-5,7-9,16H,6H2,1H3. The second kappa shape index (κ2) is 3.47. The molecule has 0 aromatic carbocycles. The van der Waals surface area contributed by atoms with Crippen LogP contribution in [0, 0.1) is 5.92 Å². The van der Waals surface area contributed by atoms with Crippen LogP contribution in [0.2, 0.25) is 5.15 Å². The number of imidazole rings is 1. The van der Waals surface area contributed by atoms with E-state index < -0.39 is 0 Å². The number of aromatic nitrogens is 2. The van der Waals surface area contributed by atoms with Crippen molar-refractivity contribution >= 4 is 17.2 Å². The molecule has 16 heavy (non-hydrogen) atoms. The first kappa shape index (κ1) is 10.1. The lowest BCUT2D eigenvalue weighted by Crippen LogP contribution is -2.38. The number of halogens is 1. The Kier molecular flexibility index (Phi) is 2.19. The molecule has 3 atom stereocenters. The van der Waals surface area contributed by atoms with Crippen molar-refractivity contribution in [3.8, 4) is 0 Å². The molecule has 3 nitrogen and oxygen atoms in total. The van der Waals surface area contributed by atoms with Gasteiger partial charge in [0.15, 0.2) is 5.15 Å². The van der Waals surface area contributed by atoms with E-state index in [0.29, 0.717) is 11.1 Å². The van der Waals surface area contributed by atoms with Crippen molar-refractivity contribution in [2.24, 2.45) is 5.92 Å². The van der Waals surface area contributed by atoms with Crippen molar-refractivity contribution in [1.29, 1.82) is 0 Å². The second-order valence-corrected chi connectivity index (χ2v) is 4.84. The van der Waals surface area contributed by atoms with Crippen LogP contribution in [-0.4, -0.2) is 20.6 Å². The lowest BCUT2D eigenvalue weighted by atomic mass is 9.70. The Balaban J connectivity index is 2.13. The van der Waals surface area contributed by atoms with Gasteiger partial charge in [0.2, 0.25) is 0 Å². The summed E-state index contributed by atoms with van der Waals surface area (Å²) in [5.41, 5.74) is 1.91. The first-order valence-corrected chi connectivity index (χ1v) is 5.87. The molecule has 1 N–H and O–H groups in total. The van der Waals surface area contributed by atoms with Gasteiger partial charge in [-0.1, -0.05) is 24.6 Å². The molecule has 0 amide bonds. The highest BCUT2D eigenvalue weighted by atomic mass is 35.5. The lowest BCUT2D eigenvalue weighted by molar-refractivity contribution is 0.0100. The zero-order valence-electron chi connectivity index (χ0n) is 8.97. The summed E-state index contributed by atoms with van der Waals surface area (Å²) in [6.07, 6.45) is 2.56. The quantitative estimate of drug-likeness (QED) is 0.826. The molecule has 1 aliphatic rings. The third-order valence-electron chi connectivity index (χ3n) is 3.61. The van der Waals surface area contributed by atoms with Gasteiger partial charge in [0.05, 0.1) is 11.8 Å². The maximum Gasteiger partial charge on any atom is 0.151 e. The Bertz CT molecular complexity index is 537. The number of aliphatic hydroxyl groups is 1. The molecule has 2 aromatic rings. The van der Waals surface area contributed by atoms with Gasteiger partial charge in [0.25, 0.3) is 0 Å². The van der Waals surface area contributed by atoms with E-state index in [0.717, 1.165) is 17.8 Å². The Morgan fingerprint density at radius 1 is 1.50 bits per heavy atom. The van der Waals surface area contributed by atoms with Gasteiger partial charge in [-0.2, -0.15) is 0 Å². The van der Waals surface area contributed by atoms with E-state index in [9.17, 15) is 5.11 Å². The van der Waals surface area contributed by atoms with Crippen molar-refractivity contribution in [1.82, 2.24) is 9.38 Å². The SMILES string of the molecule is CC1C(O)CC1c1c(Cl)nc2ccccn12. The Morgan fingerprint density at radius 3 is 3.00 bits per heavy atom. The Hall–Kier alpha value is -1.06. The van der Waals surface area contributed by atoms with Gasteiger partial charge in [-0.15, -0.1) is 0 Å². The molecule has 3 rings (SSSR count). The zero-order chi connectivity index (χ0) is 11.3. The maximum atomic E-state index is 9.58. The number of rotatable bonds is 1. The van der Waals surface area contributed by atoms with E-state index in [1.54, 1.807) is 0 Å². The lowest BCUT2D eigenvalue weighted by Gasteiger charge is -2.39. The van der Waals surface area contributed by atoms with Crippen molar-refractivity contribution in [3.63, 3.8) is 0 Å². The number of nitrogens with zero attached hydrogens (tertiary/aromatic N) is 2. The minimum Gasteiger partial charge on any atom is -0.393 e. The number of hydrogen-bond acceptors (Lipinski definition) is 2. The molecule has 0 spiro atoms. The zero-order valence-corrected chi connectivity index (χ0v) is 9.72. The average Bonchev–Trinajstić information content (AvgIpc) is 2.61. The van der Waals surface area contributed by atoms with Crippen LogP contribution in [0.25, 0.3) is 5.65 Å². The highest BCUT2D eigenvalue weighted by molar-refractivity contribution is 6.30. The number of aliphatic hydroxyl groups excluding tert-OH is 1. The van der Waals surface area contributed by atoms with E-state index in [-0.39, 0.29) is 12.0 Å². The third kappa shape index (κ3) is 1.28. The van der Waals surface area contributed by atoms with Crippen molar-refractivity contribution in [2.45, 2.75) is 25.4 Å². The maximum absolute atomic E-state index is 9.58. The summed E-state index contributed by atoms with van der Waals surface area (Å²) < 4.78 is 2.02. The molecular formula is C12H13ClN2O. The van der Waals surface area contributed by atoms with Crippen molar-refractivity contribution in [3.05, 3.63) is 35.2 Å². The topological polar surface area (TPSA) is 37.5 Å². The van der Waals surface area contributed by atoms with E-state index in [2.05, 4.69) is 11.9 Å². The minimum atomic E-state index is -0.199. The molecule has 2 aromatic heterocycles. The van der Waals surface area contributed by atoms with Gasteiger partial charge in [0.1, 0.15) is 5.65 Å². The van der Waals surface area contributed by atoms with Crippen LogP contribution < -0.4 is 0 Å². The van der Waals surface area contributed by atoms with Crippen molar-refractivity contribution < 1.29 is 5.11 Å². The molecule has 0 aliphatic heterocycles. The van der Waals surface area contributed by atoms with Gasteiger partial charge >= 0.3 is 0 Å². The molecule has 3 unspecified atom stereocenters. The molecule has 2 heterocycles. The summed E-state index contributed by atoms with van der Waals surface area (Å²) in [5, 5.41) is 10.1.